The van der Waals surface area contributed by atoms with Gasteiger partial charge >= 0.3 is 0 Å². The topological polar surface area (TPSA) is 52.7 Å². The van der Waals surface area contributed by atoms with Gasteiger partial charge in [0.1, 0.15) is 0 Å². The number of carbonyl (C=O) groups excluding carboxylic acids is 2. The molecule has 0 aromatic heterocycles. The Morgan fingerprint density at radius 2 is 1.63 bits per heavy atom. The van der Waals surface area contributed by atoms with Gasteiger partial charge in [0.2, 0.25) is 11.8 Å². The number of anilines is 1. The second-order valence-electron chi connectivity index (χ2n) is 7.59. The number of piperazine rings is 1. The first-order valence-electron chi connectivity index (χ1n) is 10.7. The molecule has 5 nitrogen and oxygen atoms in total. The van der Waals surface area contributed by atoms with Gasteiger partial charge in [-0.25, -0.2) is 0 Å². The van der Waals surface area contributed by atoms with Crippen molar-refractivity contribution in [2.45, 2.75) is 26.7 Å². The summed E-state index contributed by atoms with van der Waals surface area (Å²) in [6.45, 7) is 7.23. The van der Waals surface area contributed by atoms with Gasteiger partial charge in [-0.05, 0) is 41.7 Å². The third-order valence-electron chi connectivity index (χ3n) is 5.53. The molecule has 158 valence electrons. The number of hydrogen-bond acceptors (Lipinski definition) is 3. The van der Waals surface area contributed by atoms with E-state index in [4.69, 9.17) is 0 Å². The predicted octanol–water partition coefficient (Wildman–Crippen LogP) is 3.61. The summed E-state index contributed by atoms with van der Waals surface area (Å²) in [5.41, 5.74) is 4.34. The van der Waals surface area contributed by atoms with Crippen LogP contribution < -0.4 is 5.32 Å². The first kappa shape index (κ1) is 21.8. The summed E-state index contributed by atoms with van der Waals surface area (Å²) in [7, 11) is 0. The minimum absolute atomic E-state index is 0.00824. The molecule has 1 N–H and O–H groups in total. The fourth-order valence-electron chi connectivity index (χ4n) is 3.61. The van der Waals surface area contributed by atoms with Crippen LogP contribution in [0.3, 0.4) is 0 Å². The van der Waals surface area contributed by atoms with Crippen molar-refractivity contribution in [2.24, 2.45) is 0 Å². The van der Waals surface area contributed by atoms with Gasteiger partial charge in [-0.2, -0.15) is 0 Å². The van der Waals surface area contributed by atoms with E-state index in [0.29, 0.717) is 32.7 Å². The third kappa shape index (κ3) is 6.04. The predicted molar refractivity (Wildman–Crippen MR) is 122 cm³/mol. The zero-order valence-electron chi connectivity index (χ0n) is 17.9. The Morgan fingerprint density at radius 1 is 0.933 bits per heavy atom. The van der Waals surface area contributed by atoms with Crippen molar-refractivity contribution in [2.75, 3.05) is 38.0 Å². The monoisotopic (exact) mass is 405 g/mol. The zero-order chi connectivity index (χ0) is 21.3. The molecule has 0 unspecified atom stereocenters. The molecule has 0 atom stereocenters. The van der Waals surface area contributed by atoms with Crippen molar-refractivity contribution in [3.63, 3.8) is 0 Å². The minimum Gasteiger partial charge on any atom is -0.337 e. The SMILES string of the molecule is CCc1ccc(/C=C/C(=O)N2CCN(CC(=O)Nc3ccccc3CC)CC2)cc1. The standard InChI is InChI=1S/C25H31N3O2/c1-3-20-9-11-21(12-10-20)13-14-25(30)28-17-15-27(16-18-28)19-24(29)26-23-8-6-5-7-22(23)4-2/h5-14H,3-4,15-19H2,1-2H3,(H,26,29)/b14-13+. The average Bonchev–Trinajstić information content (AvgIpc) is 2.78. The quantitative estimate of drug-likeness (QED) is 0.716. The normalized spacial score (nSPS) is 14.8. The number of carbonyl (C=O) groups is 2. The number of para-hydroxylation sites is 1. The molecule has 1 aliphatic heterocycles. The van der Waals surface area contributed by atoms with E-state index in [1.165, 1.54) is 5.56 Å². The molecule has 1 saturated heterocycles. The summed E-state index contributed by atoms with van der Waals surface area (Å²) in [6.07, 6.45) is 5.40. The molecule has 1 aliphatic rings. The van der Waals surface area contributed by atoms with Gasteiger partial charge in [-0.3, -0.25) is 14.5 Å². The Morgan fingerprint density at radius 3 is 2.30 bits per heavy atom. The van der Waals surface area contributed by atoms with Gasteiger partial charge < -0.3 is 10.2 Å². The number of rotatable bonds is 7. The highest BCUT2D eigenvalue weighted by Crippen LogP contribution is 2.15. The van der Waals surface area contributed by atoms with E-state index in [1.807, 2.05) is 47.4 Å². The fourth-order valence-corrected chi connectivity index (χ4v) is 3.61. The van der Waals surface area contributed by atoms with Gasteiger partial charge in [0, 0.05) is 37.9 Å². The number of aryl methyl sites for hydroxylation is 2. The smallest absolute Gasteiger partial charge is 0.246 e. The Bertz CT molecular complexity index is 882. The van der Waals surface area contributed by atoms with Crippen LogP contribution in [0.1, 0.15) is 30.5 Å². The van der Waals surface area contributed by atoms with Crippen LogP contribution in [-0.4, -0.2) is 54.3 Å². The first-order valence-corrected chi connectivity index (χ1v) is 10.7. The van der Waals surface area contributed by atoms with E-state index >= 15 is 0 Å². The minimum atomic E-state index is -0.00824. The molecule has 0 aliphatic carbocycles. The molecule has 2 aromatic carbocycles. The van der Waals surface area contributed by atoms with E-state index in [2.05, 4.69) is 36.2 Å². The van der Waals surface area contributed by atoms with Crippen LogP contribution in [-0.2, 0) is 22.4 Å². The number of nitrogens with zero attached hydrogens (tertiary/aromatic N) is 2. The lowest BCUT2D eigenvalue weighted by atomic mass is 10.1. The molecule has 0 saturated carbocycles. The number of nitrogens with one attached hydrogen (secondary N) is 1. The van der Waals surface area contributed by atoms with E-state index in [9.17, 15) is 9.59 Å². The Hall–Kier alpha value is -2.92. The molecule has 1 fully saturated rings. The van der Waals surface area contributed by atoms with Crippen LogP contribution in [0, 0.1) is 0 Å². The number of benzene rings is 2. The highest BCUT2D eigenvalue weighted by atomic mass is 16.2. The molecule has 5 heteroatoms. The molecule has 3 rings (SSSR count). The fraction of sp³-hybridized carbons (Fsp3) is 0.360. The van der Waals surface area contributed by atoms with Crippen molar-refractivity contribution in [1.82, 2.24) is 9.80 Å². The molecule has 1 heterocycles. The zero-order valence-corrected chi connectivity index (χ0v) is 17.9. The van der Waals surface area contributed by atoms with Gasteiger partial charge in [-0.1, -0.05) is 56.3 Å². The third-order valence-corrected chi connectivity index (χ3v) is 5.53. The molecule has 0 bridgehead atoms. The van der Waals surface area contributed by atoms with E-state index in [1.54, 1.807) is 6.08 Å². The molecular weight excluding hydrogens is 374 g/mol. The Kier molecular flexibility index (Phi) is 7.80. The maximum Gasteiger partial charge on any atom is 0.246 e. The molecule has 2 amide bonds. The summed E-state index contributed by atoms with van der Waals surface area (Å²) in [6, 6.07) is 16.1. The van der Waals surface area contributed by atoms with Crippen LogP contribution >= 0.6 is 0 Å². The summed E-state index contributed by atoms with van der Waals surface area (Å²) in [5.74, 6) is 0.0154. The van der Waals surface area contributed by atoms with Crippen molar-refractivity contribution in [1.29, 1.82) is 0 Å². The number of hydrogen-bond donors (Lipinski definition) is 1. The van der Waals surface area contributed by atoms with Crippen molar-refractivity contribution < 1.29 is 9.59 Å². The Balaban J connectivity index is 1.45. The van der Waals surface area contributed by atoms with Crippen molar-refractivity contribution >= 4 is 23.6 Å². The maximum atomic E-state index is 12.5. The lowest BCUT2D eigenvalue weighted by Gasteiger charge is -2.33. The second-order valence-corrected chi connectivity index (χ2v) is 7.59. The van der Waals surface area contributed by atoms with Gasteiger partial charge in [-0.15, -0.1) is 0 Å². The van der Waals surface area contributed by atoms with E-state index in [-0.39, 0.29) is 11.8 Å². The van der Waals surface area contributed by atoms with Crippen LogP contribution in [0.15, 0.2) is 54.6 Å². The van der Waals surface area contributed by atoms with Crippen molar-refractivity contribution in [3.8, 4) is 0 Å². The summed E-state index contributed by atoms with van der Waals surface area (Å²) in [4.78, 5) is 28.8. The summed E-state index contributed by atoms with van der Waals surface area (Å²) in [5, 5.41) is 3.02. The molecule has 0 radical (unpaired) electrons. The molecule has 30 heavy (non-hydrogen) atoms. The number of amides is 2. The average molecular weight is 406 g/mol. The van der Waals surface area contributed by atoms with Gasteiger partial charge in [0.25, 0.3) is 0 Å². The largest absolute Gasteiger partial charge is 0.337 e. The highest BCUT2D eigenvalue weighted by molar-refractivity contribution is 5.93. The first-order chi connectivity index (χ1) is 14.6. The lowest BCUT2D eigenvalue weighted by Crippen LogP contribution is -2.50. The second kappa shape index (κ2) is 10.7. The summed E-state index contributed by atoms with van der Waals surface area (Å²) < 4.78 is 0. The van der Waals surface area contributed by atoms with Crippen LogP contribution in [0.4, 0.5) is 5.69 Å². The van der Waals surface area contributed by atoms with E-state index in [0.717, 1.165) is 29.7 Å². The molecule has 2 aromatic rings. The summed E-state index contributed by atoms with van der Waals surface area (Å²) >= 11 is 0. The highest BCUT2D eigenvalue weighted by Gasteiger charge is 2.21. The van der Waals surface area contributed by atoms with Gasteiger partial charge in [0.05, 0.1) is 6.54 Å². The Labute approximate surface area is 179 Å². The van der Waals surface area contributed by atoms with E-state index < -0.39 is 0 Å². The van der Waals surface area contributed by atoms with Crippen molar-refractivity contribution in [3.05, 3.63) is 71.3 Å². The van der Waals surface area contributed by atoms with Crippen LogP contribution in [0.25, 0.3) is 6.08 Å². The van der Waals surface area contributed by atoms with Gasteiger partial charge in [0.15, 0.2) is 0 Å². The molecular formula is C25H31N3O2. The van der Waals surface area contributed by atoms with Crippen LogP contribution in [0.5, 0.6) is 0 Å². The lowest BCUT2D eigenvalue weighted by molar-refractivity contribution is -0.127. The maximum absolute atomic E-state index is 12.5. The molecule has 0 spiro atoms. The van der Waals surface area contributed by atoms with Crippen LogP contribution in [0.2, 0.25) is 0 Å².